The topological polar surface area (TPSA) is 105 Å². The van der Waals surface area contributed by atoms with Gasteiger partial charge in [-0.1, -0.05) is 27.2 Å². The van der Waals surface area contributed by atoms with Gasteiger partial charge in [0.1, 0.15) is 12.1 Å². The summed E-state index contributed by atoms with van der Waals surface area (Å²) in [6.07, 6.45) is 6.32. The third kappa shape index (κ3) is 4.55. The van der Waals surface area contributed by atoms with Gasteiger partial charge in [-0.3, -0.25) is 14.5 Å². The highest BCUT2D eigenvalue weighted by atomic mass is 35.5. The molecule has 1 saturated heterocycles. The quantitative estimate of drug-likeness (QED) is 0.542. The Morgan fingerprint density at radius 3 is 2.24 bits per heavy atom. The summed E-state index contributed by atoms with van der Waals surface area (Å²) in [5.41, 5.74) is 4.81. The Kier molecular flexibility index (Phi) is 6.95. The molecule has 3 rings (SSSR count). The normalized spacial score (nSPS) is 29.3. The molecule has 1 unspecified atom stereocenters. The van der Waals surface area contributed by atoms with Crippen molar-refractivity contribution in [2.75, 3.05) is 13.1 Å². The number of nitrogens with one attached hydrogen (secondary N) is 2. The first-order valence-corrected chi connectivity index (χ1v) is 10.7. The number of imide groups is 1. The first-order chi connectivity index (χ1) is 13.1. The molecule has 0 bridgehead atoms. The van der Waals surface area contributed by atoms with Crippen molar-refractivity contribution in [3.63, 3.8) is 0 Å². The molecule has 0 aromatic rings. The van der Waals surface area contributed by atoms with E-state index in [1.807, 2.05) is 6.92 Å². The van der Waals surface area contributed by atoms with Crippen LogP contribution < -0.4 is 16.4 Å². The molecule has 166 valence electrons. The molecule has 7 nitrogen and oxygen atoms in total. The van der Waals surface area contributed by atoms with Gasteiger partial charge in [0.15, 0.2) is 0 Å². The predicted octanol–water partition coefficient (Wildman–Crippen LogP) is 2.57. The number of carbonyl (C=O) groups excluding carboxylic acids is 3. The van der Waals surface area contributed by atoms with Crippen LogP contribution in [0.4, 0.5) is 4.79 Å². The molecule has 4 amide bonds. The number of rotatable bonds is 7. The van der Waals surface area contributed by atoms with Crippen LogP contribution in [0.25, 0.3) is 0 Å². The highest BCUT2D eigenvalue weighted by molar-refractivity contribution is 6.09. The monoisotopic (exact) mass is 428 g/mol. The second-order valence-electron chi connectivity index (χ2n) is 9.96. The molecule has 2 saturated carbocycles. The lowest BCUT2D eigenvalue weighted by atomic mass is 9.65. The van der Waals surface area contributed by atoms with E-state index in [0.717, 1.165) is 37.0 Å². The lowest BCUT2D eigenvalue weighted by Crippen LogP contribution is -2.56. The molecule has 4 N–H and O–H groups in total. The zero-order valence-corrected chi connectivity index (χ0v) is 19.0. The average Bonchev–Trinajstić information content (AvgIpc) is 3.48. The fraction of sp³-hybridized carbons (Fsp3) is 0.857. The Morgan fingerprint density at radius 2 is 1.76 bits per heavy atom. The van der Waals surface area contributed by atoms with Crippen LogP contribution >= 0.6 is 12.4 Å². The maximum absolute atomic E-state index is 13.1. The standard InChI is InChI=1S/C21H36N4O3.ClH/c1-5-19(2,3)14-8-10-21(11-9-14)17(27)25(18(28)24-21)12-16(26)23-20(4,13-22)15-6-7-15;/h14-15H,5-13,22H2,1-4H3,(H,23,26)(H,24,28);1H. The minimum absolute atomic E-state index is 0. The number of nitrogens with zero attached hydrogens (tertiary/aromatic N) is 1. The van der Waals surface area contributed by atoms with E-state index in [1.165, 1.54) is 0 Å². The summed E-state index contributed by atoms with van der Waals surface area (Å²) >= 11 is 0. The summed E-state index contributed by atoms with van der Waals surface area (Å²) in [6.45, 7) is 8.79. The Labute approximate surface area is 180 Å². The van der Waals surface area contributed by atoms with Gasteiger partial charge >= 0.3 is 6.03 Å². The fourth-order valence-electron chi connectivity index (χ4n) is 4.88. The van der Waals surface area contributed by atoms with Crippen LogP contribution in [0.2, 0.25) is 0 Å². The number of carbonyl (C=O) groups is 3. The highest BCUT2D eigenvalue weighted by Gasteiger charge is 2.54. The van der Waals surface area contributed by atoms with Gasteiger partial charge in [-0.2, -0.15) is 0 Å². The van der Waals surface area contributed by atoms with Crippen molar-refractivity contribution in [1.82, 2.24) is 15.5 Å². The summed E-state index contributed by atoms with van der Waals surface area (Å²) in [4.78, 5) is 39.2. The van der Waals surface area contributed by atoms with Crippen LogP contribution in [0.5, 0.6) is 0 Å². The predicted molar refractivity (Wildman–Crippen MR) is 115 cm³/mol. The Bertz CT molecular complexity index is 656. The SMILES string of the molecule is CCC(C)(C)C1CCC2(CC1)NC(=O)N(CC(=O)NC(C)(CN)C1CC1)C2=O.Cl. The van der Waals surface area contributed by atoms with Crippen molar-refractivity contribution in [1.29, 1.82) is 0 Å². The van der Waals surface area contributed by atoms with Gasteiger partial charge in [-0.15, -0.1) is 12.4 Å². The molecule has 1 heterocycles. The van der Waals surface area contributed by atoms with Gasteiger partial charge in [0.05, 0.1) is 5.54 Å². The smallest absolute Gasteiger partial charge is 0.325 e. The van der Waals surface area contributed by atoms with Gasteiger partial charge in [-0.05, 0) is 62.7 Å². The number of halogens is 1. The lowest BCUT2D eigenvalue weighted by Gasteiger charge is -2.42. The third-order valence-corrected chi connectivity index (χ3v) is 7.73. The first-order valence-electron chi connectivity index (χ1n) is 10.7. The molecule has 1 spiro atoms. The molecule has 3 fully saturated rings. The van der Waals surface area contributed by atoms with Crippen molar-refractivity contribution in [3.8, 4) is 0 Å². The minimum Gasteiger partial charge on any atom is -0.348 e. The average molecular weight is 429 g/mol. The molecule has 0 aromatic carbocycles. The van der Waals surface area contributed by atoms with E-state index in [0.29, 0.717) is 31.2 Å². The van der Waals surface area contributed by atoms with Crippen molar-refractivity contribution >= 4 is 30.3 Å². The Morgan fingerprint density at radius 1 is 1.17 bits per heavy atom. The molecular weight excluding hydrogens is 392 g/mol. The van der Waals surface area contributed by atoms with Crippen LogP contribution in [0.1, 0.15) is 72.6 Å². The molecule has 8 heteroatoms. The van der Waals surface area contributed by atoms with Gasteiger partial charge in [0.2, 0.25) is 5.91 Å². The van der Waals surface area contributed by atoms with E-state index in [-0.39, 0.29) is 36.2 Å². The fourth-order valence-corrected chi connectivity index (χ4v) is 4.88. The number of amides is 4. The molecule has 3 aliphatic rings. The third-order valence-electron chi connectivity index (χ3n) is 7.73. The van der Waals surface area contributed by atoms with Crippen LogP contribution in [-0.4, -0.2) is 46.9 Å². The van der Waals surface area contributed by atoms with Crippen molar-refractivity contribution in [3.05, 3.63) is 0 Å². The van der Waals surface area contributed by atoms with Gasteiger partial charge in [-0.25, -0.2) is 4.79 Å². The second kappa shape index (κ2) is 8.42. The summed E-state index contributed by atoms with van der Waals surface area (Å²) in [5.74, 6) is 0.365. The van der Waals surface area contributed by atoms with Crippen LogP contribution in [0.15, 0.2) is 0 Å². The van der Waals surface area contributed by atoms with Gasteiger partial charge < -0.3 is 16.4 Å². The molecule has 2 aliphatic carbocycles. The van der Waals surface area contributed by atoms with E-state index < -0.39 is 17.1 Å². The zero-order valence-electron chi connectivity index (χ0n) is 18.2. The largest absolute Gasteiger partial charge is 0.348 e. The second-order valence-corrected chi connectivity index (χ2v) is 9.96. The van der Waals surface area contributed by atoms with E-state index >= 15 is 0 Å². The van der Waals surface area contributed by atoms with E-state index in [1.54, 1.807) is 0 Å². The maximum atomic E-state index is 13.1. The summed E-state index contributed by atoms with van der Waals surface area (Å²) in [6, 6.07) is -0.450. The lowest BCUT2D eigenvalue weighted by molar-refractivity contribution is -0.136. The van der Waals surface area contributed by atoms with Crippen molar-refractivity contribution in [2.45, 2.75) is 83.7 Å². The molecule has 1 aliphatic heterocycles. The molecular formula is C21H37ClN4O3. The van der Waals surface area contributed by atoms with Crippen LogP contribution in [0, 0.1) is 17.3 Å². The van der Waals surface area contributed by atoms with Crippen molar-refractivity contribution < 1.29 is 14.4 Å². The molecule has 0 aromatic heterocycles. The van der Waals surface area contributed by atoms with E-state index in [4.69, 9.17) is 5.73 Å². The number of hydrogen-bond acceptors (Lipinski definition) is 4. The number of nitrogens with two attached hydrogens (primary N) is 1. The van der Waals surface area contributed by atoms with Gasteiger partial charge in [0.25, 0.3) is 5.91 Å². The van der Waals surface area contributed by atoms with Crippen molar-refractivity contribution in [2.24, 2.45) is 23.0 Å². The summed E-state index contributed by atoms with van der Waals surface area (Å²) < 4.78 is 0. The minimum atomic E-state index is -0.828. The molecule has 29 heavy (non-hydrogen) atoms. The number of urea groups is 1. The molecule has 0 radical (unpaired) electrons. The highest BCUT2D eigenvalue weighted by Crippen LogP contribution is 2.45. The van der Waals surface area contributed by atoms with E-state index in [9.17, 15) is 14.4 Å². The zero-order chi connectivity index (χ0) is 20.7. The Hall–Kier alpha value is -1.34. The van der Waals surface area contributed by atoms with Crippen LogP contribution in [-0.2, 0) is 9.59 Å². The van der Waals surface area contributed by atoms with E-state index in [2.05, 4.69) is 31.4 Å². The summed E-state index contributed by atoms with van der Waals surface area (Å²) in [5, 5.41) is 5.87. The maximum Gasteiger partial charge on any atom is 0.325 e. The van der Waals surface area contributed by atoms with Crippen LogP contribution in [0.3, 0.4) is 0 Å². The molecule has 1 atom stereocenters. The number of hydrogen-bond donors (Lipinski definition) is 3. The first kappa shape index (κ1) is 23.9. The summed E-state index contributed by atoms with van der Waals surface area (Å²) in [7, 11) is 0. The van der Waals surface area contributed by atoms with Gasteiger partial charge in [0, 0.05) is 6.54 Å². The Balaban J connectivity index is 0.00000300.